The van der Waals surface area contributed by atoms with Crippen LogP contribution >= 0.6 is 11.6 Å². The van der Waals surface area contributed by atoms with Gasteiger partial charge in [-0.1, -0.05) is 61.8 Å². The lowest BCUT2D eigenvalue weighted by Gasteiger charge is -2.41. The van der Waals surface area contributed by atoms with Gasteiger partial charge in [0.15, 0.2) is 0 Å². The molecule has 1 atom stereocenters. The Hall–Kier alpha value is -3.91. The molecule has 0 radical (unpaired) electrons. The number of aryl methyl sites for hydroxylation is 2. The second-order valence-corrected chi connectivity index (χ2v) is 12.4. The molecule has 226 valence electrons. The van der Waals surface area contributed by atoms with Gasteiger partial charge in [0.1, 0.15) is 17.2 Å². The highest BCUT2D eigenvalue weighted by Crippen LogP contribution is 2.38. The van der Waals surface area contributed by atoms with E-state index in [0.29, 0.717) is 52.5 Å². The average molecular weight is 605 g/mol. The predicted octanol–water partition coefficient (Wildman–Crippen LogP) is 7.42. The highest BCUT2D eigenvalue weighted by molar-refractivity contribution is 6.34. The van der Waals surface area contributed by atoms with Gasteiger partial charge < -0.3 is 14.5 Å². The smallest absolute Gasteiger partial charge is 0.410 e. The van der Waals surface area contributed by atoms with Crippen LogP contribution in [0.5, 0.6) is 0 Å². The first-order valence-electron chi connectivity index (χ1n) is 14.8. The average Bonchev–Trinajstić information content (AvgIpc) is 2.96. The van der Waals surface area contributed by atoms with E-state index in [1.165, 1.54) is 6.07 Å². The van der Waals surface area contributed by atoms with Gasteiger partial charge in [0, 0.05) is 47.2 Å². The highest BCUT2D eigenvalue weighted by Gasteiger charge is 2.32. The third-order valence-electron chi connectivity index (χ3n) is 7.86. The Balaban J connectivity index is 1.72. The number of nitrogens with zero attached hydrogens (tertiary/aromatic N) is 4. The molecule has 3 aromatic carbocycles. The van der Waals surface area contributed by atoms with Gasteiger partial charge in [0.2, 0.25) is 0 Å². The van der Waals surface area contributed by atoms with Crippen LogP contribution in [-0.2, 0) is 17.6 Å². The summed E-state index contributed by atoms with van der Waals surface area (Å²) in [5, 5.41) is 1.03. The van der Waals surface area contributed by atoms with Crippen LogP contribution < -0.4 is 10.6 Å². The zero-order chi connectivity index (χ0) is 31.1. The molecule has 1 aliphatic rings. The molecule has 1 aromatic heterocycles. The number of halogens is 2. The molecule has 4 aromatic rings. The summed E-state index contributed by atoms with van der Waals surface area (Å²) < 4.78 is 22.3. The Labute approximate surface area is 256 Å². The third-order valence-corrected chi connectivity index (χ3v) is 8.18. The Morgan fingerprint density at radius 2 is 1.70 bits per heavy atom. The summed E-state index contributed by atoms with van der Waals surface area (Å²) >= 11 is 6.87. The van der Waals surface area contributed by atoms with E-state index in [4.69, 9.17) is 16.3 Å². The highest BCUT2D eigenvalue weighted by atomic mass is 35.5. The molecule has 9 heteroatoms. The molecule has 0 N–H and O–H groups in total. The Bertz CT molecular complexity index is 1720. The van der Waals surface area contributed by atoms with Crippen molar-refractivity contribution in [1.82, 2.24) is 14.5 Å². The van der Waals surface area contributed by atoms with Crippen molar-refractivity contribution in [2.24, 2.45) is 0 Å². The van der Waals surface area contributed by atoms with Crippen LogP contribution in [0.1, 0.15) is 52.7 Å². The first-order chi connectivity index (χ1) is 20.4. The lowest BCUT2D eigenvalue weighted by atomic mass is 10.00. The molecular formula is C34H38ClFN4O3. The Morgan fingerprint density at radius 1 is 1.02 bits per heavy atom. The SMILES string of the molecule is CCc1cccc(CC)c1-n1c(=O)nc(N2CCN(C(=O)OC(C)(C)C)C[C@@H]2C)c2cc(Cl)c(-c3ccccc3F)cc21. The molecule has 5 rings (SSSR count). The topological polar surface area (TPSA) is 67.7 Å². The fraction of sp³-hybridized carbons (Fsp3) is 0.382. The Kier molecular flexibility index (Phi) is 8.52. The first-order valence-corrected chi connectivity index (χ1v) is 15.2. The summed E-state index contributed by atoms with van der Waals surface area (Å²) in [6.45, 7) is 12.9. The molecule has 2 heterocycles. The van der Waals surface area contributed by atoms with Crippen LogP contribution in [0.4, 0.5) is 15.0 Å². The number of ether oxygens (including phenoxy) is 1. The summed E-state index contributed by atoms with van der Waals surface area (Å²) in [6, 6.07) is 15.9. The van der Waals surface area contributed by atoms with Crippen LogP contribution in [0.15, 0.2) is 59.4 Å². The van der Waals surface area contributed by atoms with Crippen molar-refractivity contribution < 1.29 is 13.9 Å². The van der Waals surface area contributed by atoms with Gasteiger partial charge in [-0.3, -0.25) is 4.57 Å². The lowest BCUT2D eigenvalue weighted by Crippen LogP contribution is -2.55. The standard InChI is InChI=1S/C34H38ClFN4O3/c1-7-22-12-11-13-23(8-2)30(22)40-29-19-25(24-14-9-10-15-28(24)36)27(35)18-26(29)31(37-32(40)41)39-17-16-38(20-21(39)3)33(42)43-34(4,5)6/h9-15,18-19,21H,7-8,16-17,20H2,1-6H3/t21-/m0/s1. The first kappa shape index (κ1) is 30.5. The van der Waals surface area contributed by atoms with E-state index in [1.807, 2.05) is 50.8 Å². The van der Waals surface area contributed by atoms with Gasteiger partial charge in [-0.2, -0.15) is 4.98 Å². The fourth-order valence-corrected chi connectivity index (χ4v) is 6.08. The van der Waals surface area contributed by atoms with Crippen molar-refractivity contribution in [3.63, 3.8) is 0 Å². The molecule has 0 bridgehead atoms. The summed E-state index contributed by atoms with van der Waals surface area (Å²) in [5.74, 6) is 0.0867. The van der Waals surface area contributed by atoms with E-state index in [1.54, 1.807) is 39.8 Å². The van der Waals surface area contributed by atoms with Crippen LogP contribution in [0.3, 0.4) is 0 Å². The van der Waals surface area contributed by atoms with E-state index in [9.17, 15) is 9.59 Å². The predicted molar refractivity (Wildman–Crippen MR) is 171 cm³/mol. The maximum absolute atomic E-state index is 15.0. The van der Waals surface area contributed by atoms with Crippen molar-refractivity contribution in [1.29, 1.82) is 0 Å². The molecule has 43 heavy (non-hydrogen) atoms. The molecule has 0 unspecified atom stereocenters. The summed E-state index contributed by atoms with van der Waals surface area (Å²) in [7, 11) is 0. The number of benzene rings is 3. The maximum atomic E-state index is 15.0. The van der Waals surface area contributed by atoms with Gasteiger partial charge in [0.25, 0.3) is 0 Å². The van der Waals surface area contributed by atoms with Gasteiger partial charge in [-0.25, -0.2) is 14.0 Å². The molecule has 1 saturated heterocycles. The van der Waals surface area contributed by atoms with Crippen molar-refractivity contribution in [3.8, 4) is 16.8 Å². The van der Waals surface area contributed by atoms with Crippen molar-refractivity contribution >= 4 is 34.4 Å². The molecule has 1 aliphatic heterocycles. The number of carbonyl (C=O) groups is 1. The third kappa shape index (κ3) is 5.98. The molecular weight excluding hydrogens is 567 g/mol. The zero-order valence-electron chi connectivity index (χ0n) is 25.6. The van der Waals surface area contributed by atoms with Crippen molar-refractivity contribution in [2.75, 3.05) is 24.5 Å². The second-order valence-electron chi connectivity index (χ2n) is 12.0. The maximum Gasteiger partial charge on any atom is 0.410 e. The molecule has 7 nitrogen and oxygen atoms in total. The van der Waals surface area contributed by atoms with Crippen LogP contribution in [-0.4, -0.2) is 51.8 Å². The normalized spacial score (nSPS) is 15.7. The van der Waals surface area contributed by atoms with E-state index >= 15 is 4.39 Å². The molecule has 1 fully saturated rings. The summed E-state index contributed by atoms with van der Waals surface area (Å²) in [4.78, 5) is 35.3. The number of hydrogen-bond donors (Lipinski definition) is 0. The van der Waals surface area contributed by atoms with Gasteiger partial charge >= 0.3 is 11.8 Å². The quantitative estimate of drug-likeness (QED) is 0.237. The number of piperazine rings is 1. The number of anilines is 1. The minimum absolute atomic E-state index is 0.161. The second kappa shape index (κ2) is 12.0. The van der Waals surface area contributed by atoms with Crippen LogP contribution in [0, 0.1) is 5.82 Å². The van der Waals surface area contributed by atoms with E-state index < -0.39 is 17.1 Å². The minimum Gasteiger partial charge on any atom is -0.444 e. The number of carbonyl (C=O) groups excluding carboxylic acids is 1. The van der Waals surface area contributed by atoms with Crippen molar-refractivity contribution in [2.45, 2.75) is 66.0 Å². The van der Waals surface area contributed by atoms with Crippen LogP contribution in [0.25, 0.3) is 27.7 Å². The van der Waals surface area contributed by atoms with Gasteiger partial charge in [-0.15, -0.1) is 0 Å². The lowest BCUT2D eigenvalue weighted by molar-refractivity contribution is 0.0218. The van der Waals surface area contributed by atoms with E-state index in [0.717, 1.165) is 29.7 Å². The number of para-hydroxylation sites is 1. The van der Waals surface area contributed by atoms with Crippen LogP contribution in [0.2, 0.25) is 5.02 Å². The zero-order valence-corrected chi connectivity index (χ0v) is 26.3. The van der Waals surface area contributed by atoms with Gasteiger partial charge in [0.05, 0.1) is 11.2 Å². The summed E-state index contributed by atoms with van der Waals surface area (Å²) in [5.41, 5.74) is 3.23. The molecule has 0 saturated carbocycles. The fourth-order valence-electron chi connectivity index (χ4n) is 5.82. The van der Waals surface area contributed by atoms with Crippen molar-refractivity contribution in [3.05, 3.63) is 87.0 Å². The van der Waals surface area contributed by atoms with E-state index in [-0.39, 0.29) is 12.1 Å². The minimum atomic E-state index is -0.599. The van der Waals surface area contributed by atoms with Gasteiger partial charge in [-0.05, 0) is 69.9 Å². The number of aromatic nitrogens is 2. The molecule has 0 aliphatic carbocycles. The number of hydrogen-bond acceptors (Lipinski definition) is 5. The monoisotopic (exact) mass is 604 g/mol. The molecule has 0 spiro atoms. The van der Waals surface area contributed by atoms with E-state index in [2.05, 4.69) is 18.8 Å². The number of rotatable bonds is 5. The molecule has 1 amide bonds. The number of amides is 1. The largest absolute Gasteiger partial charge is 0.444 e. The number of fused-ring (bicyclic) bond motifs is 1. The Morgan fingerprint density at radius 3 is 2.30 bits per heavy atom. The summed E-state index contributed by atoms with van der Waals surface area (Å²) in [6.07, 6.45) is 1.07.